The summed E-state index contributed by atoms with van der Waals surface area (Å²) in [6.45, 7) is 3.02. The number of nitrogens with zero attached hydrogens (tertiary/aromatic N) is 1. The minimum atomic E-state index is -3.33. The monoisotopic (exact) mass is 280 g/mol. The second-order valence-electron chi connectivity index (χ2n) is 5.02. The SMILES string of the molecule is CC(N)C1CCN(S(=O)(=O)/C=C/c2ccccc2)C1. The van der Waals surface area contributed by atoms with Crippen molar-refractivity contribution in [2.75, 3.05) is 13.1 Å². The molecule has 2 rings (SSSR count). The Labute approximate surface area is 115 Å². The van der Waals surface area contributed by atoms with E-state index in [0.29, 0.717) is 13.1 Å². The largest absolute Gasteiger partial charge is 0.328 e. The van der Waals surface area contributed by atoms with Crippen LogP contribution in [0.4, 0.5) is 0 Å². The van der Waals surface area contributed by atoms with Crippen molar-refractivity contribution in [3.05, 3.63) is 41.3 Å². The first-order valence-corrected chi connectivity index (χ1v) is 7.98. The summed E-state index contributed by atoms with van der Waals surface area (Å²) in [5, 5.41) is 1.28. The number of hydrogen-bond acceptors (Lipinski definition) is 3. The molecule has 19 heavy (non-hydrogen) atoms. The molecular formula is C14H20N2O2S. The van der Waals surface area contributed by atoms with Crippen LogP contribution in [0, 0.1) is 5.92 Å². The van der Waals surface area contributed by atoms with Gasteiger partial charge in [0.1, 0.15) is 0 Å². The molecule has 4 nitrogen and oxygen atoms in total. The average Bonchev–Trinajstić information content (AvgIpc) is 2.88. The van der Waals surface area contributed by atoms with Crippen molar-refractivity contribution in [1.82, 2.24) is 4.31 Å². The van der Waals surface area contributed by atoms with Gasteiger partial charge in [-0.25, -0.2) is 8.42 Å². The lowest BCUT2D eigenvalue weighted by Crippen LogP contribution is -2.32. The van der Waals surface area contributed by atoms with Gasteiger partial charge < -0.3 is 5.73 Å². The molecule has 1 fully saturated rings. The molecule has 1 aliphatic rings. The summed E-state index contributed by atoms with van der Waals surface area (Å²) in [7, 11) is -3.33. The van der Waals surface area contributed by atoms with Gasteiger partial charge in [-0.05, 0) is 30.9 Å². The summed E-state index contributed by atoms with van der Waals surface area (Å²) in [4.78, 5) is 0. The minimum absolute atomic E-state index is 0.0401. The van der Waals surface area contributed by atoms with E-state index in [4.69, 9.17) is 5.73 Å². The minimum Gasteiger partial charge on any atom is -0.328 e. The molecule has 1 aromatic carbocycles. The van der Waals surface area contributed by atoms with Gasteiger partial charge >= 0.3 is 0 Å². The van der Waals surface area contributed by atoms with Crippen LogP contribution in [0.2, 0.25) is 0 Å². The predicted molar refractivity (Wildman–Crippen MR) is 77.7 cm³/mol. The van der Waals surface area contributed by atoms with Crippen molar-refractivity contribution in [3.8, 4) is 0 Å². The summed E-state index contributed by atoms with van der Waals surface area (Å²) in [6, 6.07) is 9.46. The standard InChI is InChI=1S/C14H20N2O2S/c1-12(15)14-7-9-16(11-14)19(17,18)10-8-13-5-3-2-4-6-13/h2-6,8,10,12,14H,7,9,11,15H2,1H3/b10-8+. The molecule has 1 aromatic rings. The Morgan fingerprint density at radius 1 is 1.37 bits per heavy atom. The zero-order valence-electron chi connectivity index (χ0n) is 11.1. The molecule has 2 N–H and O–H groups in total. The third kappa shape index (κ3) is 3.65. The molecule has 0 saturated carbocycles. The molecule has 2 atom stereocenters. The first-order valence-electron chi connectivity index (χ1n) is 6.48. The Kier molecular flexibility index (Phi) is 4.39. The first kappa shape index (κ1) is 14.2. The molecule has 0 bridgehead atoms. The van der Waals surface area contributed by atoms with Gasteiger partial charge in [0.05, 0.1) is 0 Å². The maximum Gasteiger partial charge on any atom is 0.236 e. The molecule has 1 saturated heterocycles. The number of nitrogens with two attached hydrogens (primary N) is 1. The predicted octanol–water partition coefficient (Wildman–Crippen LogP) is 1.66. The van der Waals surface area contributed by atoms with Gasteiger partial charge in [0.25, 0.3) is 0 Å². The Bertz CT molecular complexity index is 538. The third-order valence-corrected chi connectivity index (χ3v) is 5.05. The Morgan fingerprint density at radius 3 is 2.63 bits per heavy atom. The van der Waals surface area contributed by atoms with E-state index in [1.54, 1.807) is 6.08 Å². The van der Waals surface area contributed by atoms with Crippen LogP contribution in [0.1, 0.15) is 18.9 Å². The summed E-state index contributed by atoms with van der Waals surface area (Å²) < 4.78 is 25.9. The maximum atomic E-state index is 12.2. The summed E-state index contributed by atoms with van der Waals surface area (Å²) in [5.41, 5.74) is 6.71. The van der Waals surface area contributed by atoms with Crippen LogP contribution in [-0.2, 0) is 10.0 Å². The van der Waals surface area contributed by atoms with Gasteiger partial charge in [-0.15, -0.1) is 0 Å². The highest BCUT2D eigenvalue weighted by Crippen LogP contribution is 2.22. The Morgan fingerprint density at radius 2 is 2.05 bits per heavy atom. The van der Waals surface area contributed by atoms with Crippen LogP contribution in [0.15, 0.2) is 35.7 Å². The van der Waals surface area contributed by atoms with Gasteiger partial charge in [-0.1, -0.05) is 30.3 Å². The third-order valence-electron chi connectivity index (χ3n) is 3.52. The second-order valence-corrected chi connectivity index (χ2v) is 6.84. The highest BCUT2D eigenvalue weighted by atomic mass is 32.2. The molecule has 0 spiro atoms. The van der Waals surface area contributed by atoms with Gasteiger partial charge in [-0.2, -0.15) is 4.31 Å². The summed E-state index contributed by atoms with van der Waals surface area (Å²) in [5.74, 6) is 0.264. The van der Waals surface area contributed by atoms with Crippen LogP contribution in [0.25, 0.3) is 6.08 Å². The molecule has 1 aliphatic heterocycles. The van der Waals surface area contributed by atoms with Crippen LogP contribution in [0.3, 0.4) is 0 Å². The maximum absolute atomic E-state index is 12.2. The first-order chi connectivity index (χ1) is 8.99. The molecule has 0 aromatic heterocycles. The van der Waals surface area contributed by atoms with E-state index >= 15 is 0 Å². The Hall–Kier alpha value is -1.17. The number of benzene rings is 1. The molecule has 104 valence electrons. The molecular weight excluding hydrogens is 260 g/mol. The molecule has 0 amide bonds. The molecule has 5 heteroatoms. The van der Waals surface area contributed by atoms with Gasteiger partial charge in [0.2, 0.25) is 10.0 Å². The Balaban J connectivity index is 2.06. The highest BCUT2D eigenvalue weighted by molar-refractivity contribution is 7.92. The number of hydrogen-bond donors (Lipinski definition) is 1. The fourth-order valence-electron chi connectivity index (χ4n) is 2.23. The quantitative estimate of drug-likeness (QED) is 0.912. The van der Waals surface area contributed by atoms with E-state index in [1.807, 2.05) is 37.3 Å². The lowest BCUT2D eigenvalue weighted by Gasteiger charge is -2.16. The smallest absolute Gasteiger partial charge is 0.236 e. The normalized spacial score (nSPS) is 22.9. The number of sulfonamides is 1. The van der Waals surface area contributed by atoms with E-state index in [9.17, 15) is 8.42 Å². The fourth-order valence-corrected chi connectivity index (χ4v) is 3.49. The summed E-state index contributed by atoms with van der Waals surface area (Å²) >= 11 is 0. The van der Waals surface area contributed by atoms with E-state index in [-0.39, 0.29) is 12.0 Å². The molecule has 1 heterocycles. The summed E-state index contributed by atoms with van der Waals surface area (Å²) in [6.07, 6.45) is 2.48. The van der Waals surface area contributed by atoms with E-state index < -0.39 is 10.0 Å². The molecule has 2 unspecified atom stereocenters. The second kappa shape index (κ2) is 5.86. The van der Waals surface area contributed by atoms with Gasteiger partial charge in [0, 0.05) is 24.5 Å². The van der Waals surface area contributed by atoms with E-state index in [0.717, 1.165) is 12.0 Å². The molecule has 0 aliphatic carbocycles. The van der Waals surface area contributed by atoms with Crippen LogP contribution in [0.5, 0.6) is 0 Å². The van der Waals surface area contributed by atoms with Crippen molar-refractivity contribution < 1.29 is 8.42 Å². The van der Waals surface area contributed by atoms with Crippen molar-refractivity contribution in [3.63, 3.8) is 0 Å². The average molecular weight is 280 g/mol. The fraction of sp³-hybridized carbons (Fsp3) is 0.429. The van der Waals surface area contributed by atoms with Crippen molar-refractivity contribution >= 4 is 16.1 Å². The zero-order chi connectivity index (χ0) is 13.9. The van der Waals surface area contributed by atoms with Gasteiger partial charge in [-0.3, -0.25) is 0 Å². The van der Waals surface area contributed by atoms with Crippen molar-refractivity contribution in [2.24, 2.45) is 11.7 Å². The topological polar surface area (TPSA) is 63.4 Å². The zero-order valence-corrected chi connectivity index (χ0v) is 11.9. The van der Waals surface area contributed by atoms with E-state index in [1.165, 1.54) is 9.71 Å². The van der Waals surface area contributed by atoms with Crippen LogP contribution >= 0.6 is 0 Å². The van der Waals surface area contributed by atoms with E-state index in [2.05, 4.69) is 0 Å². The van der Waals surface area contributed by atoms with Crippen molar-refractivity contribution in [2.45, 2.75) is 19.4 Å². The molecule has 0 radical (unpaired) electrons. The van der Waals surface area contributed by atoms with Crippen molar-refractivity contribution in [1.29, 1.82) is 0 Å². The highest BCUT2D eigenvalue weighted by Gasteiger charge is 2.31. The number of rotatable bonds is 4. The van der Waals surface area contributed by atoms with Crippen LogP contribution < -0.4 is 5.73 Å². The van der Waals surface area contributed by atoms with Crippen LogP contribution in [-0.4, -0.2) is 31.9 Å². The van der Waals surface area contributed by atoms with Gasteiger partial charge in [0.15, 0.2) is 0 Å². The lowest BCUT2D eigenvalue weighted by atomic mass is 10.0. The lowest BCUT2D eigenvalue weighted by molar-refractivity contribution is 0.433.